The molecule has 2 heteroatoms. The molecule has 0 amide bonds. The molecule has 0 spiro atoms. The molecule has 0 unspecified atom stereocenters. The summed E-state index contributed by atoms with van der Waals surface area (Å²) in [6, 6.07) is 15.2. The summed E-state index contributed by atoms with van der Waals surface area (Å²) in [5.74, 6) is 0.967. The molecule has 3 aromatic carbocycles. The maximum atomic E-state index is 6.04. The van der Waals surface area contributed by atoms with E-state index in [1.807, 2.05) is 13.1 Å². The van der Waals surface area contributed by atoms with Crippen molar-refractivity contribution in [3.63, 3.8) is 0 Å². The molecule has 116 valence electrons. The van der Waals surface area contributed by atoms with Gasteiger partial charge in [-0.05, 0) is 60.2 Å². The van der Waals surface area contributed by atoms with Crippen LogP contribution in [0.4, 0.5) is 0 Å². The lowest BCUT2D eigenvalue weighted by atomic mass is 9.96. The van der Waals surface area contributed by atoms with E-state index in [4.69, 9.17) is 9.40 Å². The molecule has 0 saturated carbocycles. The summed E-state index contributed by atoms with van der Waals surface area (Å²) in [5.41, 5.74) is 4.42. The highest BCUT2D eigenvalue weighted by Gasteiger charge is 2.14. The summed E-state index contributed by atoms with van der Waals surface area (Å²) in [7, 11) is 0. The first kappa shape index (κ1) is 13.6. The zero-order valence-corrected chi connectivity index (χ0v) is 14.0. The Hall–Kier alpha value is -2.87. The summed E-state index contributed by atoms with van der Waals surface area (Å²) in [6.07, 6.45) is 1.95. The largest absolute Gasteiger partial charge is 0.460 e. The van der Waals surface area contributed by atoms with Crippen molar-refractivity contribution in [1.29, 1.82) is 0 Å². The molecule has 5 rings (SSSR count). The number of rotatable bonds is 0. The lowest BCUT2D eigenvalue weighted by Crippen LogP contribution is -1.87. The molecule has 2 aromatic heterocycles. The van der Waals surface area contributed by atoms with Gasteiger partial charge in [0.2, 0.25) is 0 Å². The van der Waals surface area contributed by atoms with E-state index in [1.54, 1.807) is 0 Å². The van der Waals surface area contributed by atoms with Gasteiger partial charge < -0.3 is 4.42 Å². The minimum absolute atomic E-state index is 0.947. The van der Waals surface area contributed by atoms with Crippen molar-refractivity contribution in [2.45, 2.75) is 20.8 Å². The monoisotopic (exact) mass is 311 g/mol. The van der Waals surface area contributed by atoms with Gasteiger partial charge >= 0.3 is 0 Å². The van der Waals surface area contributed by atoms with E-state index in [1.165, 1.54) is 32.7 Å². The van der Waals surface area contributed by atoms with Crippen molar-refractivity contribution in [2.75, 3.05) is 0 Å². The highest BCUT2D eigenvalue weighted by molar-refractivity contribution is 6.20. The second-order valence-corrected chi connectivity index (χ2v) is 6.58. The predicted octanol–water partition coefficient (Wildman–Crippen LogP) is 6.21. The van der Waals surface area contributed by atoms with Crippen LogP contribution in [0.15, 0.2) is 53.1 Å². The lowest BCUT2D eigenvalue weighted by Gasteiger charge is -2.09. The summed E-state index contributed by atoms with van der Waals surface area (Å²) in [4.78, 5) is 4.80. The number of aromatic nitrogens is 1. The smallest absolute Gasteiger partial charge is 0.145 e. The van der Waals surface area contributed by atoms with Crippen molar-refractivity contribution >= 4 is 43.4 Å². The van der Waals surface area contributed by atoms with E-state index in [2.05, 4.69) is 56.3 Å². The molecular weight excluding hydrogens is 294 g/mol. The maximum absolute atomic E-state index is 6.04. The SMILES string of the molecule is Cc1oc2c(cnc3c4cc(C)c5ccccc5c4ccc32)c1C. The lowest BCUT2D eigenvalue weighted by molar-refractivity contribution is 0.578. The number of fused-ring (bicyclic) bond motifs is 7. The van der Waals surface area contributed by atoms with Gasteiger partial charge in [-0.1, -0.05) is 30.3 Å². The van der Waals surface area contributed by atoms with E-state index in [9.17, 15) is 0 Å². The van der Waals surface area contributed by atoms with Gasteiger partial charge in [0.25, 0.3) is 0 Å². The first-order chi connectivity index (χ1) is 11.6. The summed E-state index contributed by atoms with van der Waals surface area (Å²) in [6.45, 7) is 6.27. The third kappa shape index (κ3) is 1.63. The maximum Gasteiger partial charge on any atom is 0.145 e. The van der Waals surface area contributed by atoms with Crippen LogP contribution in [-0.2, 0) is 0 Å². The number of pyridine rings is 1. The van der Waals surface area contributed by atoms with Gasteiger partial charge in [-0.2, -0.15) is 0 Å². The second-order valence-electron chi connectivity index (χ2n) is 6.58. The van der Waals surface area contributed by atoms with Crippen LogP contribution in [0, 0.1) is 20.8 Å². The van der Waals surface area contributed by atoms with E-state index >= 15 is 0 Å². The van der Waals surface area contributed by atoms with Gasteiger partial charge in [0.05, 0.1) is 5.52 Å². The van der Waals surface area contributed by atoms with Crippen LogP contribution in [-0.4, -0.2) is 4.98 Å². The Balaban J connectivity index is 2.04. The average molecular weight is 311 g/mol. The molecule has 0 atom stereocenters. The van der Waals surface area contributed by atoms with Crippen molar-refractivity contribution in [3.05, 3.63) is 65.5 Å². The zero-order valence-electron chi connectivity index (χ0n) is 14.0. The van der Waals surface area contributed by atoms with Crippen LogP contribution in [0.25, 0.3) is 43.4 Å². The van der Waals surface area contributed by atoms with Crippen LogP contribution in [0.5, 0.6) is 0 Å². The second kappa shape index (κ2) is 4.57. The van der Waals surface area contributed by atoms with E-state index < -0.39 is 0 Å². The van der Waals surface area contributed by atoms with Gasteiger partial charge in [-0.25, -0.2) is 0 Å². The predicted molar refractivity (Wildman–Crippen MR) is 101 cm³/mol. The number of hydrogen-bond acceptors (Lipinski definition) is 2. The van der Waals surface area contributed by atoms with Crippen molar-refractivity contribution in [3.8, 4) is 0 Å². The highest BCUT2D eigenvalue weighted by Crippen LogP contribution is 2.36. The fourth-order valence-electron chi connectivity index (χ4n) is 3.80. The van der Waals surface area contributed by atoms with Gasteiger partial charge in [0.1, 0.15) is 11.3 Å². The number of aryl methyl sites for hydroxylation is 3. The molecule has 0 bridgehead atoms. The molecule has 0 radical (unpaired) electrons. The van der Waals surface area contributed by atoms with Crippen molar-refractivity contribution in [2.24, 2.45) is 0 Å². The van der Waals surface area contributed by atoms with E-state index in [-0.39, 0.29) is 0 Å². The minimum Gasteiger partial charge on any atom is -0.460 e. The Bertz CT molecular complexity index is 1280. The van der Waals surface area contributed by atoms with Gasteiger partial charge in [-0.3, -0.25) is 4.98 Å². The molecule has 0 aliphatic heterocycles. The summed E-state index contributed by atoms with van der Waals surface area (Å²) < 4.78 is 6.04. The fourth-order valence-corrected chi connectivity index (χ4v) is 3.80. The Morgan fingerprint density at radius 3 is 2.29 bits per heavy atom. The quantitative estimate of drug-likeness (QED) is 0.318. The standard InChI is InChI=1S/C22H17NO/c1-12-10-19-17(16-7-5-4-6-15(12)16)8-9-18-21(19)23-11-20-13(2)14(3)24-22(18)20/h4-11H,1-3H3. The number of hydrogen-bond donors (Lipinski definition) is 0. The van der Waals surface area contributed by atoms with E-state index in [0.29, 0.717) is 0 Å². The fraction of sp³-hybridized carbons (Fsp3) is 0.136. The number of benzene rings is 3. The molecular formula is C22H17NO. The highest BCUT2D eigenvalue weighted by atomic mass is 16.3. The summed E-state index contributed by atoms with van der Waals surface area (Å²) in [5, 5.41) is 7.22. The normalized spacial score (nSPS) is 12.0. The van der Waals surface area contributed by atoms with Crippen LogP contribution in [0.2, 0.25) is 0 Å². The Kier molecular flexibility index (Phi) is 2.58. The summed E-state index contributed by atoms with van der Waals surface area (Å²) >= 11 is 0. The molecule has 2 heterocycles. The molecule has 0 saturated heterocycles. The molecule has 24 heavy (non-hydrogen) atoms. The van der Waals surface area contributed by atoms with Crippen molar-refractivity contribution in [1.82, 2.24) is 4.98 Å². The molecule has 0 N–H and O–H groups in total. The number of furan rings is 1. The minimum atomic E-state index is 0.947. The zero-order chi connectivity index (χ0) is 16.4. The molecule has 0 aliphatic carbocycles. The van der Waals surface area contributed by atoms with Crippen molar-refractivity contribution < 1.29 is 4.42 Å². The number of nitrogens with zero attached hydrogens (tertiary/aromatic N) is 1. The first-order valence-electron chi connectivity index (χ1n) is 8.24. The third-order valence-electron chi connectivity index (χ3n) is 5.22. The Labute approximate surface area is 139 Å². The van der Waals surface area contributed by atoms with Crippen LogP contribution >= 0.6 is 0 Å². The first-order valence-corrected chi connectivity index (χ1v) is 8.24. The Morgan fingerprint density at radius 1 is 0.750 bits per heavy atom. The Morgan fingerprint density at radius 2 is 1.46 bits per heavy atom. The van der Waals surface area contributed by atoms with Gasteiger partial charge in [0.15, 0.2) is 0 Å². The van der Waals surface area contributed by atoms with E-state index in [0.717, 1.165) is 27.6 Å². The molecule has 5 aromatic rings. The topological polar surface area (TPSA) is 26.0 Å². The van der Waals surface area contributed by atoms with Gasteiger partial charge in [-0.15, -0.1) is 0 Å². The van der Waals surface area contributed by atoms with Gasteiger partial charge in [0, 0.05) is 22.4 Å². The molecule has 2 nitrogen and oxygen atoms in total. The molecule has 0 aliphatic rings. The average Bonchev–Trinajstić information content (AvgIpc) is 2.90. The molecule has 0 fully saturated rings. The van der Waals surface area contributed by atoms with Crippen LogP contribution < -0.4 is 0 Å². The van der Waals surface area contributed by atoms with Crippen LogP contribution in [0.3, 0.4) is 0 Å². The van der Waals surface area contributed by atoms with Crippen LogP contribution in [0.1, 0.15) is 16.9 Å². The third-order valence-corrected chi connectivity index (χ3v) is 5.22.